The van der Waals surface area contributed by atoms with Gasteiger partial charge in [0.05, 0.1) is 0 Å². The maximum atomic E-state index is 6.15. The number of nitrogens with two attached hydrogens (primary N) is 1. The topological polar surface area (TPSA) is 29.3 Å². The van der Waals surface area contributed by atoms with E-state index in [-0.39, 0.29) is 0 Å². The third-order valence-corrected chi connectivity index (χ3v) is 5.75. The van der Waals surface area contributed by atoms with Crippen LogP contribution in [0, 0.1) is 11.8 Å². The summed E-state index contributed by atoms with van der Waals surface area (Å²) in [5.74, 6) is 1.71. The van der Waals surface area contributed by atoms with Crippen molar-refractivity contribution in [1.82, 2.24) is 4.90 Å². The van der Waals surface area contributed by atoms with Gasteiger partial charge in [0, 0.05) is 18.1 Å². The van der Waals surface area contributed by atoms with Gasteiger partial charge in [-0.2, -0.15) is 0 Å². The molecule has 0 bridgehead atoms. The van der Waals surface area contributed by atoms with Gasteiger partial charge in [-0.1, -0.05) is 20.3 Å². The Morgan fingerprint density at radius 1 is 1.12 bits per heavy atom. The molecule has 2 N–H and O–H groups in total. The summed E-state index contributed by atoms with van der Waals surface area (Å²) in [5.41, 5.74) is 6.46. The summed E-state index contributed by atoms with van der Waals surface area (Å²) in [5, 5.41) is 0. The Hall–Kier alpha value is -0.0800. The van der Waals surface area contributed by atoms with Gasteiger partial charge in [0.15, 0.2) is 0 Å². The van der Waals surface area contributed by atoms with E-state index < -0.39 is 0 Å². The fraction of sp³-hybridized carbons (Fsp3) is 1.00. The summed E-state index contributed by atoms with van der Waals surface area (Å²) in [6.45, 7) is 5.64. The molecule has 2 aliphatic rings. The van der Waals surface area contributed by atoms with Gasteiger partial charge < -0.3 is 5.73 Å². The Bertz CT molecular complexity index is 245. The third kappa shape index (κ3) is 2.39. The van der Waals surface area contributed by atoms with Crippen molar-refractivity contribution >= 4 is 0 Å². The van der Waals surface area contributed by atoms with Crippen molar-refractivity contribution in [3.8, 4) is 0 Å². The van der Waals surface area contributed by atoms with Crippen LogP contribution in [-0.4, -0.2) is 30.1 Å². The summed E-state index contributed by atoms with van der Waals surface area (Å²) in [7, 11) is 2.34. The van der Waals surface area contributed by atoms with E-state index in [1.165, 1.54) is 44.9 Å². The van der Waals surface area contributed by atoms with E-state index in [0.717, 1.165) is 24.4 Å². The molecule has 17 heavy (non-hydrogen) atoms. The Balaban J connectivity index is 2.04. The van der Waals surface area contributed by atoms with Crippen molar-refractivity contribution in [3.05, 3.63) is 0 Å². The van der Waals surface area contributed by atoms with Crippen LogP contribution in [-0.2, 0) is 0 Å². The second kappa shape index (κ2) is 5.27. The number of hydrogen-bond donors (Lipinski definition) is 1. The molecule has 2 heteroatoms. The van der Waals surface area contributed by atoms with Gasteiger partial charge in [-0.15, -0.1) is 0 Å². The van der Waals surface area contributed by atoms with E-state index in [2.05, 4.69) is 25.8 Å². The van der Waals surface area contributed by atoms with Crippen LogP contribution in [0.15, 0.2) is 0 Å². The van der Waals surface area contributed by atoms with Crippen LogP contribution in [0.2, 0.25) is 0 Å². The zero-order chi connectivity index (χ0) is 12.5. The molecule has 0 aromatic heterocycles. The Labute approximate surface area is 107 Å². The molecule has 2 fully saturated rings. The molecule has 0 amide bonds. The van der Waals surface area contributed by atoms with E-state index in [0.29, 0.717) is 5.54 Å². The molecule has 0 aromatic rings. The first-order chi connectivity index (χ1) is 8.10. The monoisotopic (exact) mass is 238 g/mol. The van der Waals surface area contributed by atoms with Gasteiger partial charge in [-0.3, -0.25) is 4.90 Å². The molecular formula is C15H30N2. The van der Waals surface area contributed by atoms with Crippen LogP contribution in [0.25, 0.3) is 0 Å². The number of hydrogen-bond acceptors (Lipinski definition) is 2. The normalized spacial score (nSPS) is 43.2. The predicted octanol–water partition coefficient (Wildman–Crippen LogP) is 3.01. The van der Waals surface area contributed by atoms with Crippen molar-refractivity contribution < 1.29 is 0 Å². The number of nitrogens with zero attached hydrogens (tertiary/aromatic N) is 1. The summed E-state index contributed by atoms with van der Waals surface area (Å²) in [4.78, 5) is 2.68. The summed E-state index contributed by atoms with van der Waals surface area (Å²) in [6.07, 6.45) is 9.62. The molecule has 0 heterocycles. The van der Waals surface area contributed by atoms with Gasteiger partial charge in [0.2, 0.25) is 0 Å². The molecule has 2 rings (SSSR count). The highest BCUT2D eigenvalue weighted by Gasteiger charge is 2.44. The average molecular weight is 238 g/mol. The molecule has 100 valence electrons. The van der Waals surface area contributed by atoms with Gasteiger partial charge in [-0.05, 0) is 57.4 Å². The highest BCUT2D eigenvalue weighted by Crippen LogP contribution is 2.42. The van der Waals surface area contributed by atoms with E-state index in [1.807, 2.05) is 0 Å². The van der Waals surface area contributed by atoms with Gasteiger partial charge >= 0.3 is 0 Å². The second-order valence-corrected chi connectivity index (χ2v) is 6.63. The lowest BCUT2D eigenvalue weighted by molar-refractivity contribution is 0.0278. The van der Waals surface area contributed by atoms with Gasteiger partial charge in [-0.25, -0.2) is 0 Å². The van der Waals surface area contributed by atoms with Crippen molar-refractivity contribution in [2.45, 2.75) is 70.4 Å². The van der Waals surface area contributed by atoms with Crippen LogP contribution in [0.3, 0.4) is 0 Å². The summed E-state index contributed by atoms with van der Waals surface area (Å²) >= 11 is 0. The maximum Gasteiger partial charge on any atom is 0.0357 e. The summed E-state index contributed by atoms with van der Waals surface area (Å²) in [6, 6.07) is 0.787. The molecule has 0 radical (unpaired) electrons. The average Bonchev–Trinajstić information content (AvgIpc) is 2.71. The van der Waals surface area contributed by atoms with Crippen LogP contribution in [0.1, 0.15) is 58.8 Å². The van der Waals surface area contributed by atoms with Gasteiger partial charge in [0.1, 0.15) is 0 Å². The van der Waals surface area contributed by atoms with Crippen LogP contribution < -0.4 is 5.73 Å². The highest BCUT2D eigenvalue weighted by molar-refractivity contribution is 5.01. The van der Waals surface area contributed by atoms with Crippen LogP contribution in [0.4, 0.5) is 0 Å². The molecule has 2 nitrogen and oxygen atoms in total. The van der Waals surface area contributed by atoms with Crippen LogP contribution >= 0.6 is 0 Å². The Kier molecular flexibility index (Phi) is 4.14. The molecule has 2 aliphatic carbocycles. The molecule has 0 saturated heterocycles. The van der Waals surface area contributed by atoms with E-state index >= 15 is 0 Å². The lowest BCUT2D eigenvalue weighted by Gasteiger charge is -2.47. The van der Waals surface area contributed by atoms with Crippen molar-refractivity contribution in [1.29, 1.82) is 0 Å². The zero-order valence-corrected chi connectivity index (χ0v) is 11.9. The molecule has 0 spiro atoms. The van der Waals surface area contributed by atoms with Crippen LogP contribution in [0.5, 0.6) is 0 Å². The molecular weight excluding hydrogens is 208 g/mol. The largest absolute Gasteiger partial charge is 0.329 e. The molecule has 2 atom stereocenters. The molecule has 2 unspecified atom stereocenters. The first kappa shape index (κ1) is 13.4. The van der Waals surface area contributed by atoms with Gasteiger partial charge in [0.25, 0.3) is 0 Å². The summed E-state index contributed by atoms with van der Waals surface area (Å²) < 4.78 is 0. The minimum Gasteiger partial charge on any atom is -0.329 e. The van der Waals surface area contributed by atoms with Crippen molar-refractivity contribution in [3.63, 3.8) is 0 Å². The third-order valence-electron chi connectivity index (χ3n) is 5.75. The molecule has 0 aliphatic heterocycles. The second-order valence-electron chi connectivity index (χ2n) is 6.63. The lowest BCUT2D eigenvalue weighted by Crippen LogP contribution is -2.58. The Morgan fingerprint density at radius 3 is 2.24 bits per heavy atom. The van der Waals surface area contributed by atoms with E-state index in [9.17, 15) is 0 Å². The maximum absolute atomic E-state index is 6.15. The fourth-order valence-electron chi connectivity index (χ4n) is 4.19. The fourth-order valence-corrected chi connectivity index (χ4v) is 4.19. The van der Waals surface area contributed by atoms with Crippen molar-refractivity contribution in [2.24, 2.45) is 17.6 Å². The number of rotatable bonds is 3. The first-order valence-corrected chi connectivity index (χ1v) is 7.53. The smallest absolute Gasteiger partial charge is 0.0357 e. The highest BCUT2D eigenvalue weighted by atomic mass is 15.2. The molecule has 2 saturated carbocycles. The number of likely N-dealkylation sites (N-methyl/N-ethyl adjacent to an activating group) is 1. The zero-order valence-electron chi connectivity index (χ0n) is 11.9. The van der Waals surface area contributed by atoms with E-state index in [1.54, 1.807) is 0 Å². The first-order valence-electron chi connectivity index (χ1n) is 7.53. The minimum atomic E-state index is 0.311. The molecule has 0 aromatic carbocycles. The standard InChI is InChI=1S/C15H30N2/c1-12-6-8-14(9-7-12)17(3)15(11-16)10-4-5-13(15)2/h12-14H,4-11,16H2,1-3H3. The van der Waals surface area contributed by atoms with E-state index in [4.69, 9.17) is 5.73 Å². The minimum absolute atomic E-state index is 0.311. The lowest BCUT2D eigenvalue weighted by atomic mass is 9.81. The van der Waals surface area contributed by atoms with Crippen molar-refractivity contribution in [2.75, 3.05) is 13.6 Å². The Morgan fingerprint density at radius 2 is 1.76 bits per heavy atom. The SMILES string of the molecule is CC1CCC(N(C)C2(CN)CCCC2C)CC1. The predicted molar refractivity (Wildman–Crippen MR) is 74.0 cm³/mol. The quantitative estimate of drug-likeness (QED) is 0.819.